The van der Waals surface area contributed by atoms with Crippen LogP contribution >= 0.6 is 0 Å². The molecule has 0 saturated heterocycles. The van der Waals surface area contributed by atoms with E-state index in [1.165, 1.54) is 4.68 Å². The molecular weight excluding hydrogens is 392 g/mol. The van der Waals surface area contributed by atoms with Gasteiger partial charge in [0.25, 0.3) is 5.56 Å². The van der Waals surface area contributed by atoms with Crippen LogP contribution in [0, 0.1) is 0 Å². The molecule has 0 unspecified atom stereocenters. The number of carbonyl (C=O) groups is 3. The van der Waals surface area contributed by atoms with Gasteiger partial charge in [0.1, 0.15) is 6.61 Å². The first-order chi connectivity index (χ1) is 14.4. The number of amides is 2. The van der Waals surface area contributed by atoms with Gasteiger partial charge in [0.05, 0.1) is 29.3 Å². The summed E-state index contributed by atoms with van der Waals surface area (Å²) in [5.74, 6) is -1.41. The molecule has 1 atom stereocenters. The Kier molecular flexibility index (Phi) is 6.14. The number of hydrogen-bond donors (Lipinski definition) is 2. The lowest BCUT2D eigenvalue weighted by Gasteiger charge is -2.26. The quantitative estimate of drug-likeness (QED) is 0.677. The van der Waals surface area contributed by atoms with E-state index < -0.39 is 24.0 Å². The van der Waals surface area contributed by atoms with Crippen molar-refractivity contribution >= 4 is 28.7 Å². The molecule has 2 N–H and O–H groups in total. The number of fused-ring (bicyclic) bond motifs is 1. The van der Waals surface area contributed by atoms with Crippen LogP contribution in [-0.4, -0.2) is 47.0 Å². The second-order valence-corrected chi connectivity index (χ2v) is 6.52. The van der Waals surface area contributed by atoms with Crippen molar-refractivity contribution in [3.63, 3.8) is 0 Å². The number of ether oxygens (including phenoxy) is 2. The Morgan fingerprint density at radius 3 is 2.47 bits per heavy atom. The van der Waals surface area contributed by atoms with Crippen molar-refractivity contribution in [2.75, 3.05) is 13.2 Å². The minimum Gasteiger partial charge on any atom is -0.463 e. The third-order valence-electron chi connectivity index (χ3n) is 4.57. The summed E-state index contributed by atoms with van der Waals surface area (Å²) < 4.78 is 11.6. The van der Waals surface area contributed by atoms with Gasteiger partial charge in [0.15, 0.2) is 5.69 Å². The maximum atomic E-state index is 12.8. The SMILES string of the molecule is CCOC(=O)C1=C(COC(=O)c2nn(CC)c(=O)c3ccccc23)NC(=O)N[C@H]1C. The lowest BCUT2D eigenvalue weighted by molar-refractivity contribution is -0.139. The molecular formula is C20H22N4O6. The highest BCUT2D eigenvalue weighted by molar-refractivity contribution is 6.02. The summed E-state index contributed by atoms with van der Waals surface area (Å²) in [6.07, 6.45) is 0. The normalized spacial score (nSPS) is 16.1. The molecule has 158 valence electrons. The third kappa shape index (κ3) is 4.02. The standard InChI is InChI=1S/C20H22N4O6/c1-4-24-17(25)13-9-7-6-8-12(13)16(23-24)19(27)30-10-14-15(18(26)29-5-2)11(3)21-20(28)22-14/h6-9,11H,4-5,10H2,1-3H3,(H2,21,22,28)/t11-/m0/s1. The average molecular weight is 414 g/mol. The molecule has 0 spiro atoms. The Hall–Kier alpha value is -3.69. The Morgan fingerprint density at radius 2 is 1.80 bits per heavy atom. The van der Waals surface area contributed by atoms with E-state index in [9.17, 15) is 19.2 Å². The summed E-state index contributed by atoms with van der Waals surface area (Å²) in [6.45, 7) is 5.09. The van der Waals surface area contributed by atoms with Gasteiger partial charge in [-0.1, -0.05) is 18.2 Å². The van der Waals surface area contributed by atoms with E-state index in [1.54, 1.807) is 45.0 Å². The molecule has 30 heavy (non-hydrogen) atoms. The van der Waals surface area contributed by atoms with Gasteiger partial charge in [-0.2, -0.15) is 5.10 Å². The van der Waals surface area contributed by atoms with Gasteiger partial charge in [0, 0.05) is 11.9 Å². The summed E-state index contributed by atoms with van der Waals surface area (Å²) in [4.78, 5) is 49.3. The molecule has 2 heterocycles. The molecule has 0 fully saturated rings. The van der Waals surface area contributed by atoms with Gasteiger partial charge >= 0.3 is 18.0 Å². The van der Waals surface area contributed by atoms with Crippen LogP contribution in [0.3, 0.4) is 0 Å². The Balaban J connectivity index is 1.93. The van der Waals surface area contributed by atoms with Crippen LogP contribution in [0.25, 0.3) is 10.8 Å². The van der Waals surface area contributed by atoms with Gasteiger partial charge in [0.2, 0.25) is 0 Å². The molecule has 10 heteroatoms. The van der Waals surface area contributed by atoms with E-state index in [0.29, 0.717) is 10.8 Å². The van der Waals surface area contributed by atoms with Crippen LogP contribution < -0.4 is 16.2 Å². The van der Waals surface area contributed by atoms with Gasteiger partial charge in [-0.25, -0.2) is 19.1 Å². The molecule has 3 rings (SSSR count). The molecule has 0 saturated carbocycles. The van der Waals surface area contributed by atoms with E-state index in [4.69, 9.17) is 9.47 Å². The minimum atomic E-state index is -0.787. The predicted octanol–water partition coefficient (Wildman–Crippen LogP) is 1.09. The molecule has 0 aliphatic carbocycles. The van der Waals surface area contributed by atoms with Gasteiger partial charge in [-0.3, -0.25) is 4.79 Å². The third-order valence-corrected chi connectivity index (χ3v) is 4.57. The largest absolute Gasteiger partial charge is 0.463 e. The zero-order valence-electron chi connectivity index (χ0n) is 16.9. The number of rotatable bonds is 6. The fraction of sp³-hybridized carbons (Fsp3) is 0.350. The Bertz CT molecular complexity index is 1100. The highest BCUT2D eigenvalue weighted by Crippen LogP contribution is 2.17. The summed E-state index contributed by atoms with van der Waals surface area (Å²) >= 11 is 0. The summed E-state index contributed by atoms with van der Waals surface area (Å²) in [5, 5.41) is 9.87. The predicted molar refractivity (Wildman–Crippen MR) is 107 cm³/mol. The molecule has 0 bridgehead atoms. The molecule has 1 aromatic carbocycles. The molecule has 1 aliphatic heterocycles. The van der Waals surface area contributed by atoms with Crippen molar-refractivity contribution in [1.82, 2.24) is 20.4 Å². The highest BCUT2D eigenvalue weighted by atomic mass is 16.5. The number of nitrogens with one attached hydrogen (secondary N) is 2. The number of carbonyl (C=O) groups excluding carboxylic acids is 3. The summed E-state index contributed by atoms with van der Waals surface area (Å²) in [7, 11) is 0. The van der Waals surface area contributed by atoms with Crippen molar-refractivity contribution < 1.29 is 23.9 Å². The molecule has 10 nitrogen and oxygen atoms in total. The topological polar surface area (TPSA) is 129 Å². The Morgan fingerprint density at radius 1 is 1.10 bits per heavy atom. The van der Waals surface area contributed by atoms with E-state index in [-0.39, 0.29) is 42.3 Å². The second kappa shape index (κ2) is 8.76. The fourth-order valence-corrected chi connectivity index (χ4v) is 3.20. The van der Waals surface area contributed by atoms with Crippen molar-refractivity contribution in [3.05, 3.63) is 51.6 Å². The lowest BCUT2D eigenvalue weighted by atomic mass is 10.0. The number of nitrogens with zero attached hydrogens (tertiary/aromatic N) is 2. The average Bonchev–Trinajstić information content (AvgIpc) is 2.72. The van der Waals surface area contributed by atoms with Crippen LogP contribution in [0.4, 0.5) is 4.79 Å². The zero-order valence-corrected chi connectivity index (χ0v) is 16.9. The van der Waals surface area contributed by atoms with Crippen molar-refractivity contribution in [2.24, 2.45) is 0 Å². The first-order valence-electron chi connectivity index (χ1n) is 9.52. The first kappa shape index (κ1) is 21.0. The number of benzene rings is 1. The van der Waals surface area contributed by atoms with E-state index in [2.05, 4.69) is 15.7 Å². The van der Waals surface area contributed by atoms with Crippen molar-refractivity contribution in [2.45, 2.75) is 33.4 Å². The second-order valence-electron chi connectivity index (χ2n) is 6.52. The maximum absolute atomic E-state index is 12.8. The number of hydrogen-bond acceptors (Lipinski definition) is 7. The van der Waals surface area contributed by atoms with Gasteiger partial charge < -0.3 is 20.1 Å². The van der Waals surface area contributed by atoms with Crippen molar-refractivity contribution in [1.29, 1.82) is 0 Å². The van der Waals surface area contributed by atoms with Crippen LogP contribution in [-0.2, 0) is 20.8 Å². The maximum Gasteiger partial charge on any atom is 0.359 e. The van der Waals surface area contributed by atoms with Gasteiger partial charge in [-0.15, -0.1) is 0 Å². The molecule has 0 radical (unpaired) electrons. The number of urea groups is 1. The minimum absolute atomic E-state index is 0.0290. The number of esters is 2. The van der Waals surface area contributed by atoms with Crippen LogP contribution in [0.15, 0.2) is 40.3 Å². The molecule has 2 amide bonds. The van der Waals surface area contributed by atoms with Crippen molar-refractivity contribution in [3.8, 4) is 0 Å². The molecule has 1 aliphatic rings. The monoisotopic (exact) mass is 414 g/mol. The summed E-state index contributed by atoms with van der Waals surface area (Å²) in [6, 6.07) is 5.46. The van der Waals surface area contributed by atoms with E-state index >= 15 is 0 Å². The number of aromatic nitrogens is 2. The van der Waals surface area contributed by atoms with Crippen LogP contribution in [0.2, 0.25) is 0 Å². The first-order valence-corrected chi connectivity index (χ1v) is 9.52. The van der Waals surface area contributed by atoms with Crippen LogP contribution in [0.5, 0.6) is 0 Å². The lowest BCUT2D eigenvalue weighted by Crippen LogP contribution is -2.50. The summed E-state index contributed by atoms with van der Waals surface area (Å²) in [5.41, 5.74) is -0.0400. The van der Waals surface area contributed by atoms with E-state index in [1.807, 2.05) is 0 Å². The van der Waals surface area contributed by atoms with E-state index in [0.717, 1.165) is 0 Å². The zero-order chi connectivity index (χ0) is 21.8. The molecule has 1 aromatic heterocycles. The smallest absolute Gasteiger partial charge is 0.359 e. The highest BCUT2D eigenvalue weighted by Gasteiger charge is 2.30. The molecule has 2 aromatic rings. The van der Waals surface area contributed by atoms with Gasteiger partial charge in [-0.05, 0) is 26.8 Å². The fourth-order valence-electron chi connectivity index (χ4n) is 3.20. The van der Waals surface area contributed by atoms with Crippen LogP contribution in [0.1, 0.15) is 31.3 Å². The number of aryl methyl sites for hydroxylation is 1. The Labute approximate surface area is 171 Å².